The molecule has 2 atom stereocenters. The maximum Gasteiger partial charge on any atom is 0.226 e. The van der Waals surface area contributed by atoms with E-state index in [0.29, 0.717) is 16.6 Å². The van der Waals surface area contributed by atoms with Crippen LogP contribution >= 0.6 is 23.2 Å². The molecule has 0 aromatic heterocycles. The molecule has 24 heavy (non-hydrogen) atoms. The standard InChI is InChI=1S/C19H19Cl2NO2/c1-22(11-13-9-15(21)6-7-18(13)24-2)19(23)17-10-16(17)12-4-3-5-14(20)8-12/h3-9,16-17H,10-11H2,1-2H3. The fourth-order valence-electron chi connectivity index (χ4n) is 3.06. The summed E-state index contributed by atoms with van der Waals surface area (Å²) in [4.78, 5) is 14.4. The minimum absolute atomic E-state index is 0.0265. The van der Waals surface area contributed by atoms with Gasteiger partial charge in [0.05, 0.1) is 7.11 Å². The molecule has 0 saturated heterocycles. The van der Waals surface area contributed by atoms with Crippen molar-refractivity contribution in [1.82, 2.24) is 4.90 Å². The van der Waals surface area contributed by atoms with E-state index in [4.69, 9.17) is 27.9 Å². The van der Waals surface area contributed by atoms with E-state index in [9.17, 15) is 4.79 Å². The number of nitrogens with zero attached hydrogens (tertiary/aromatic N) is 1. The van der Waals surface area contributed by atoms with Crippen LogP contribution in [0, 0.1) is 5.92 Å². The number of carbonyl (C=O) groups excluding carboxylic acids is 1. The van der Waals surface area contributed by atoms with Crippen LogP contribution in [0.1, 0.15) is 23.5 Å². The molecule has 1 saturated carbocycles. The Morgan fingerprint density at radius 3 is 2.67 bits per heavy atom. The predicted octanol–water partition coefficient (Wildman–Crippen LogP) is 4.76. The molecular weight excluding hydrogens is 345 g/mol. The second kappa shape index (κ2) is 7.04. The first-order valence-electron chi connectivity index (χ1n) is 7.82. The summed E-state index contributed by atoms with van der Waals surface area (Å²) in [7, 11) is 3.43. The zero-order valence-electron chi connectivity index (χ0n) is 13.6. The van der Waals surface area contributed by atoms with E-state index >= 15 is 0 Å². The number of halogens is 2. The van der Waals surface area contributed by atoms with Gasteiger partial charge in [-0.3, -0.25) is 4.79 Å². The molecule has 0 radical (unpaired) electrons. The van der Waals surface area contributed by atoms with E-state index < -0.39 is 0 Å². The van der Waals surface area contributed by atoms with E-state index in [0.717, 1.165) is 23.3 Å². The molecule has 0 bridgehead atoms. The summed E-state index contributed by atoms with van der Waals surface area (Å²) in [6.07, 6.45) is 0.871. The zero-order chi connectivity index (χ0) is 17.3. The summed E-state index contributed by atoms with van der Waals surface area (Å²) in [6, 6.07) is 13.2. The van der Waals surface area contributed by atoms with Crippen LogP contribution in [0.25, 0.3) is 0 Å². The molecule has 2 aromatic carbocycles. The van der Waals surface area contributed by atoms with Crippen LogP contribution in [0.15, 0.2) is 42.5 Å². The van der Waals surface area contributed by atoms with Crippen LogP contribution in [0.5, 0.6) is 5.75 Å². The molecule has 2 aromatic rings. The van der Waals surface area contributed by atoms with Crippen LogP contribution in [0.3, 0.4) is 0 Å². The summed E-state index contributed by atoms with van der Waals surface area (Å²) in [5, 5.41) is 1.34. The highest BCUT2D eigenvalue weighted by atomic mass is 35.5. The van der Waals surface area contributed by atoms with E-state index in [2.05, 4.69) is 0 Å². The van der Waals surface area contributed by atoms with Gasteiger partial charge in [0.2, 0.25) is 5.91 Å². The molecule has 3 nitrogen and oxygen atoms in total. The van der Waals surface area contributed by atoms with Gasteiger partial charge in [0, 0.05) is 35.1 Å². The van der Waals surface area contributed by atoms with E-state index in [1.807, 2.05) is 43.4 Å². The molecule has 1 amide bonds. The van der Waals surface area contributed by atoms with Crippen molar-refractivity contribution in [3.05, 3.63) is 63.6 Å². The van der Waals surface area contributed by atoms with Gasteiger partial charge in [0.25, 0.3) is 0 Å². The van der Waals surface area contributed by atoms with Crippen molar-refractivity contribution < 1.29 is 9.53 Å². The molecule has 0 aliphatic heterocycles. The Balaban J connectivity index is 1.67. The zero-order valence-corrected chi connectivity index (χ0v) is 15.1. The lowest BCUT2D eigenvalue weighted by atomic mass is 10.1. The van der Waals surface area contributed by atoms with Crippen molar-refractivity contribution in [3.8, 4) is 5.75 Å². The lowest BCUT2D eigenvalue weighted by Gasteiger charge is -2.19. The first kappa shape index (κ1) is 17.1. The second-order valence-corrected chi connectivity index (χ2v) is 7.03. The average molecular weight is 364 g/mol. The number of carbonyl (C=O) groups is 1. The topological polar surface area (TPSA) is 29.5 Å². The Kier molecular flexibility index (Phi) is 5.02. The summed E-state index contributed by atoms with van der Waals surface area (Å²) >= 11 is 12.1. The number of hydrogen-bond acceptors (Lipinski definition) is 2. The molecule has 2 unspecified atom stereocenters. The first-order valence-corrected chi connectivity index (χ1v) is 8.58. The Bertz CT molecular complexity index is 763. The largest absolute Gasteiger partial charge is 0.496 e. The van der Waals surface area contributed by atoms with Gasteiger partial charge in [-0.2, -0.15) is 0 Å². The molecule has 1 aliphatic carbocycles. The van der Waals surface area contributed by atoms with Crippen molar-refractivity contribution in [2.75, 3.05) is 14.2 Å². The van der Waals surface area contributed by atoms with Crippen LogP contribution in [0.4, 0.5) is 0 Å². The predicted molar refractivity (Wildman–Crippen MR) is 96.8 cm³/mol. The van der Waals surface area contributed by atoms with Crippen molar-refractivity contribution in [2.45, 2.75) is 18.9 Å². The molecule has 0 spiro atoms. The number of benzene rings is 2. The highest BCUT2D eigenvalue weighted by molar-refractivity contribution is 6.31. The third-order valence-corrected chi connectivity index (χ3v) is 4.88. The number of rotatable bonds is 5. The Morgan fingerprint density at radius 2 is 1.96 bits per heavy atom. The van der Waals surface area contributed by atoms with Gasteiger partial charge in [-0.25, -0.2) is 0 Å². The SMILES string of the molecule is COc1ccc(Cl)cc1CN(C)C(=O)C1CC1c1cccc(Cl)c1. The van der Waals surface area contributed by atoms with Crippen molar-refractivity contribution >= 4 is 29.1 Å². The summed E-state index contributed by atoms with van der Waals surface area (Å²) in [5.41, 5.74) is 2.04. The maximum absolute atomic E-state index is 12.7. The molecule has 3 rings (SSSR count). The van der Waals surface area contributed by atoms with Gasteiger partial charge in [-0.1, -0.05) is 35.3 Å². The van der Waals surface area contributed by atoms with E-state index in [1.54, 1.807) is 18.1 Å². The van der Waals surface area contributed by atoms with E-state index in [1.165, 1.54) is 0 Å². The summed E-state index contributed by atoms with van der Waals surface area (Å²) in [5.74, 6) is 1.17. The van der Waals surface area contributed by atoms with Crippen LogP contribution in [-0.2, 0) is 11.3 Å². The van der Waals surface area contributed by atoms with Gasteiger partial charge in [0.1, 0.15) is 5.75 Å². The van der Waals surface area contributed by atoms with Crippen LogP contribution in [0.2, 0.25) is 10.0 Å². The molecule has 126 valence electrons. The van der Waals surface area contributed by atoms with Gasteiger partial charge >= 0.3 is 0 Å². The molecule has 0 heterocycles. The quantitative estimate of drug-likeness (QED) is 0.765. The molecule has 1 aliphatic rings. The minimum Gasteiger partial charge on any atom is -0.496 e. The third kappa shape index (κ3) is 3.68. The molecular formula is C19H19Cl2NO2. The Morgan fingerprint density at radius 1 is 1.21 bits per heavy atom. The smallest absolute Gasteiger partial charge is 0.226 e. The molecule has 1 fully saturated rings. The van der Waals surface area contributed by atoms with Gasteiger partial charge < -0.3 is 9.64 Å². The van der Waals surface area contributed by atoms with Crippen molar-refractivity contribution in [1.29, 1.82) is 0 Å². The molecule has 5 heteroatoms. The van der Waals surface area contributed by atoms with Gasteiger partial charge in [-0.05, 0) is 48.2 Å². The van der Waals surface area contributed by atoms with Crippen molar-refractivity contribution in [3.63, 3.8) is 0 Å². The number of amides is 1. The van der Waals surface area contributed by atoms with Crippen LogP contribution in [-0.4, -0.2) is 25.0 Å². The van der Waals surface area contributed by atoms with Gasteiger partial charge in [0.15, 0.2) is 0 Å². The van der Waals surface area contributed by atoms with Gasteiger partial charge in [-0.15, -0.1) is 0 Å². The van der Waals surface area contributed by atoms with Crippen LogP contribution < -0.4 is 4.74 Å². The summed E-state index contributed by atoms with van der Waals surface area (Å²) in [6.45, 7) is 0.474. The summed E-state index contributed by atoms with van der Waals surface area (Å²) < 4.78 is 5.35. The minimum atomic E-state index is 0.0265. The fraction of sp³-hybridized carbons (Fsp3) is 0.316. The Hall–Kier alpha value is -1.71. The lowest BCUT2D eigenvalue weighted by Crippen LogP contribution is -2.28. The highest BCUT2D eigenvalue weighted by Gasteiger charge is 2.45. The number of methoxy groups -OCH3 is 1. The van der Waals surface area contributed by atoms with Crippen molar-refractivity contribution in [2.24, 2.45) is 5.92 Å². The maximum atomic E-state index is 12.7. The Labute approximate surface area is 152 Å². The normalized spacial score (nSPS) is 19.0. The third-order valence-electron chi connectivity index (χ3n) is 4.41. The molecule has 0 N–H and O–H groups in total. The fourth-order valence-corrected chi connectivity index (χ4v) is 3.45. The second-order valence-electron chi connectivity index (χ2n) is 6.15. The highest BCUT2D eigenvalue weighted by Crippen LogP contribution is 2.48. The monoisotopic (exact) mass is 363 g/mol. The first-order chi connectivity index (χ1) is 11.5. The average Bonchev–Trinajstić information content (AvgIpc) is 3.35. The number of ether oxygens (including phenoxy) is 1. The lowest BCUT2D eigenvalue weighted by molar-refractivity contribution is -0.131. The van der Waals surface area contributed by atoms with E-state index in [-0.39, 0.29) is 17.7 Å². The number of hydrogen-bond donors (Lipinski definition) is 0.